The smallest absolute Gasteiger partial charge is 0.146 e. The molecular formula is C13H14N2O. The number of aromatic nitrogens is 1. The summed E-state index contributed by atoms with van der Waals surface area (Å²) in [5.41, 5.74) is 6.52. The van der Waals surface area contributed by atoms with Gasteiger partial charge in [0.05, 0.1) is 0 Å². The molecule has 0 amide bonds. The van der Waals surface area contributed by atoms with E-state index >= 15 is 0 Å². The average Bonchev–Trinajstić information content (AvgIpc) is 3.10. The minimum Gasteiger partial charge on any atom is -0.484 e. The Morgan fingerprint density at radius 2 is 2.06 bits per heavy atom. The van der Waals surface area contributed by atoms with Gasteiger partial charge in [-0.05, 0) is 25.0 Å². The highest BCUT2D eigenvalue weighted by molar-refractivity contribution is 5.84. The van der Waals surface area contributed by atoms with Gasteiger partial charge in [0.25, 0.3) is 0 Å². The van der Waals surface area contributed by atoms with Crippen LogP contribution in [0.3, 0.4) is 0 Å². The molecule has 1 aliphatic rings. The van der Waals surface area contributed by atoms with Crippen LogP contribution in [0.1, 0.15) is 12.8 Å². The summed E-state index contributed by atoms with van der Waals surface area (Å²) < 4.78 is 5.99. The van der Waals surface area contributed by atoms with Gasteiger partial charge in [-0.3, -0.25) is 4.98 Å². The first kappa shape index (κ1) is 9.60. The van der Waals surface area contributed by atoms with E-state index in [1.54, 1.807) is 6.20 Å². The molecule has 0 saturated heterocycles. The summed E-state index contributed by atoms with van der Waals surface area (Å²) in [5, 5.41) is 1.10. The van der Waals surface area contributed by atoms with Crippen LogP contribution in [0, 0.1) is 0 Å². The lowest BCUT2D eigenvalue weighted by molar-refractivity contribution is 0.190. The van der Waals surface area contributed by atoms with Crippen molar-refractivity contribution >= 4 is 10.9 Å². The monoisotopic (exact) mass is 214 g/mol. The van der Waals surface area contributed by atoms with E-state index in [0.29, 0.717) is 6.54 Å². The highest BCUT2D eigenvalue weighted by atomic mass is 16.5. The molecule has 3 heteroatoms. The largest absolute Gasteiger partial charge is 0.484 e. The fraction of sp³-hybridized carbons (Fsp3) is 0.308. The lowest BCUT2D eigenvalue weighted by Crippen LogP contribution is -2.28. The third-order valence-corrected chi connectivity index (χ3v) is 3.10. The van der Waals surface area contributed by atoms with E-state index in [1.165, 1.54) is 0 Å². The molecule has 3 rings (SSSR count). The molecule has 1 aliphatic carbocycles. The second-order valence-corrected chi connectivity index (χ2v) is 4.32. The van der Waals surface area contributed by atoms with Gasteiger partial charge in [0.1, 0.15) is 16.9 Å². The van der Waals surface area contributed by atoms with Crippen molar-refractivity contribution in [2.24, 2.45) is 5.73 Å². The van der Waals surface area contributed by atoms with Crippen LogP contribution in [0.2, 0.25) is 0 Å². The van der Waals surface area contributed by atoms with Gasteiger partial charge in [-0.25, -0.2) is 0 Å². The Morgan fingerprint density at radius 1 is 1.25 bits per heavy atom. The van der Waals surface area contributed by atoms with Crippen LogP contribution in [0.4, 0.5) is 0 Å². The van der Waals surface area contributed by atoms with Crippen molar-refractivity contribution < 1.29 is 4.74 Å². The molecule has 1 aromatic heterocycles. The summed E-state index contributed by atoms with van der Waals surface area (Å²) in [6, 6.07) is 9.97. The molecule has 1 saturated carbocycles. The van der Waals surface area contributed by atoms with Gasteiger partial charge in [0.2, 0.25) is 0 Å². The van der Waals surface area contributed by atoms with Crippen LogP contribution < -0.4 is 10.5 Å². The maximum Gasteiger partial charge on any atom is 0.146 e. The molecule has 3 nitrogen and oxygen atoms in total. The first-order chi connectivity index (χ1) is 7.83. The van der Waals surface area contributed by atoms with Crippen molar-refractivity contribution in [1.29, 1.82) is 0 Å². The molecule has 0 atom stereocenters. The zero-order chi connectivity index (χ0) is 11.0. The Kier molecular flexibility index (Phi) is 2.07. The quantitative estimate of drug-likeness (QED) is 0.851. The highest BCUT2D eigenvalue weighted by Crippen LogP contribution is 2.40. The van der Waals surface area contributed by atoms with E-state index in [-0.39, 0.29) is 5.60 Å². The summed E-state index contributed by atoms with van der Waals surface area (Å²) >= 11 is 0. The third-order valence-electron chi connectivity index (χ3n) is 3.10. The summed E-state index contributed by atoms with van der Waals surface area (Å²) in [5.74, 6) is 0.848. The second-order valence-electron chi connectivity index (χ2n) is 4.32. The summed E-state index contributed by atoms with van der Waals surface area (Å²) in [7, 11) is 0. The Hall–Kier alpha value is -1.61. The van der Waals surface area contributed by atoms with E-state index in [2.05, 4.69) is 4.98 Å². The highest BCUT2D eigenvalue weighted by Gasteiger charge is 2.44. The van der Waals surface area contributed by atoms with Crippen LogP contribution in [-0.4, -0.2) is 17.1 Å². The number of para-hydroxylation sites is 1. The Morgan fingerprint density at radius 3 is 2.81 bits per heavy atom. The maximum absolute atomic E-state index is 5.99. The van der Waals surface area contributed by atoms with Crippen LogP contribution >= 0.6 is 0 Å². The van der Waals surface area contributed by atoms with Crippen molar-refractivity contribution in [1.82, 2.24) is 4.98 Å². The minimum absolute atomic E-state index is 0.119. The maximum atomic E-state index is 5.99. The Bertz CT molecular complexity index is 515. The van der Waals surface area contributed by atoms with Crippen LogP contribution in [0.25, 0.3) is 10.9 Å². The van der Waals surface area contributed by atoms with Crippen LogP contribution in [-0.2, 0) is 0 Å². The van der Waals surface area contributed by atoms with Crippen molar-refractivity contribution in [3.8, 4) is 5.75 Å². The molecule has 1 aromatic carbocycles. The van der Waals surface area contributed by atoms with Crippen LogP contribution in [0.5, 0.6) is 5.75 Å². The lowest BCUT2D eigenvalue weighted by Gasteiger charge is -2.16. The number of fused-ring (bicyclic) bond motifs is 1. The fourth-order valence-corrected chi connectivity index (χ4v) is 1.88. The van der Waals surface area contributed by atoms with Crippen molar-refractivity contribution in [3.05, 3.63) is 36.5 Å². The van der Waals surface area contributed by atoms with Gasteiger partial charge in [-0.2, -0.15) is 0 Å². The Balaban J connectivity index is 2.03. The fourth-order valence-electron chi connectivity index (χ4n) is 1.88. The molecule has 0 spiro atoms. The normalized spacial score (nSPS) is 17.3. The zero-order valence-electron chi connectivity index (χ0n) is 9.02. The number of pyridine rings is 1. The standard InChI is InChI=1S/C13H14N2O/c14-9-13(6-7-13)16-11-5-1-3-10-4-2-8-15-12(10)11/h1-5,8H,6-7,9,14H2. The molecule has 1 heterocycles. The molecule has 0 bridgehead atoms. The van der Waals surface area contributed by atoms with Gasteiger partial charge in [-0.15, -0.1) is 0 Å². The SMILES string of the molecule is NCC1(Oc2cccc3cccnc23)CC1. The number of benzene rings is 1. The molecule has 0 unspecified atom stereocenters. The average molecular weight is 214 g/mol. The number of nitrogens with two attached hydrogens (primary N) is 1. The number of nitrogens with zero attached hydrogens (tertiary/aromatic N) is 1. The first-order valence-corrected chi connectivity index (χ1v) is 5.56. The van der Waals surface area contributed by atoms with Gasteiger partial charge in [-0.1, -0.05) is 18.2 Å². The van der Waals surface area contributed by atoms with E-state index in [9.17, 15) is 0 Å². The summed E-state index contributed by atoms with van der Waals surface area (Å²) in [4.78, 5) is 4.36. The summed E-state index contributed by atoms with van der Waals surface area (Å²) in [6.07, 6.45) is 3.89. The predicted octanol–water partition coefficient (Wildman–Crippen LogP) is 2.10. The van der Waals surface area contributed by atoms with Crippen molar-refractivity contribution in [2.45, 2.75) is 18.4 Å². The molecule has 2 N–H and O–H groups in total. The molecule has 0 radical (unpaired) electrons. The molecule has 82 valence electrons. The van der Waals surface area contributed by atoms with E-state index in [1.807, 2.05) is 30.3 Å². The summed E-state index contributed by atoms with van der Waals surface area (Å²) in [6.45, 7) is 0.580. The number of ether oxygens (including phenoxy) is 1. The van der Waals surface area contributed by atoms with Crippen LogP contribution in [0.15, 0.2) is 36.5 Å². The number of hydrogen-bond acceptors (Lipinski definition) is 3. The molecule has 1 fully saturated rings. The van der Waals surface area contributed by atoms with Crippen molar-refractivity contribution in [3.63, 3.8) is 0 Å². The van der Waals surface area contributed by atoms with Gasteiger partial charge in [0, 0.05) is 18.1 Å². The lowest BCUT2D eigenvalue weighted by atomic mass is 10.2. The zero-order valence-corrected chi connectivity index (χ0v) is 9.02. The minimum atomic E-state index is -0.119. The van der Waals surface area contributed by atoms with Crippen molar-refractivity contribution in [2.75, 3.05) is 6.54 Å². The van der Waals surface area contributed by atoms with Gasteiger partial charge < -0.3 is 10.5 Å². The predicted molar refractivity (Wildman–Crippen MR) is 63.4 cm³/mol. The number of rotatable bonds is 3. The third kappa shape index (κ3) is 1.53. The second kappa shape index (κ2) is 3.46. The van der Waals surface area contributed by atoms with E-state index < -0.39 is 0 Å². The topological polar surface area (TPSA) is 48.1 Å². The Labute approximate surface area is 94.2 Å². The first-order valence-electron chi connectivity index (χ1n) is 5.56. The molecule has 0 aliphatic heterocycles. The molecular weight excluding hydrogens is 200 g/mol. The molecule has 16 heavy (non-hydrogen) atoms. The van der Waals surface area contributed by atoms with Gasteiger partial charge >= 0.3 is 0 Å². The van der Waals surface area contributed by atoms with Gasteiger partial charge in [0.15, 0.2) is 0 Å². The van der Waals surface area contributed by atoms with E-state index in [4.69, 9.17) is 10.5 Å². The molecule has 2 aromatic rings. The number of hydrogen-bond donors (Lipinski definition) is 1. The van der Waals surface area contributed by atoms with E-state index in [0.717, 1.165) is 29.5 Å².